The maximum absolute atomic E-state index is 2.47. The van der Waals surface area contributed by atoms with Gasteiger partial charge in [0.25, 0.3) is 0 Å². The van der Waals surface area contributed by atoms with Crippen molar-refractivity contribution in [3.05, 3.63) is 78.1 Å². The summed E-state index contributed by atoms with van der Waals surface area (Å²) in [6.45, 7) is 5.25. The Morgan fingerprint density at radius 2 is 1.58 bits per heavy atom. The molecule has 0 saturated carbocycles. The molecule has 0 aliphatic carbocycles. The number of benzene rings is 3. The Hall–Kier alpha value is -3.13. The molecule has 2 aromatic heterocycles. The van der Waals surface area contributed by atoms with Crippen LogP contribution in [0.2, 0.25) is 0 Å². The van der Waals surface area contributed by atoms with Crippen molar-refractivity contribution in [3.63, 3.8) is 0 Å². The van der Waals surface area contributed by atoms with Crippen LogP contribution in [0.5, 0.6) is 0 Å². The first-order valence-corrected chi connectivity index (χ1v) is 9.16. The normalized spacial score (nSPS) is 12.8. The van der Waals surface area contributed by atoms with Gasteiger partial charge in [-0.15, -0.1) is 0 Å². The van der Waals surface area contributed by atoms with Crippen LogP contribution >= 0.6 is 0 Å². The van der Waals surface area contributed by atoms with E-state index in [1.165, 1.54) is 55.0 Å². The smallest absolute Gasteiger partial charge is 0.228 e. The van der Waals surface area contributed by atoms with E-state index in [4.69, 9.17) is 0 Å². The van der Waals surface area contributed by atoms with Crippen LogP contribution in [0.15, 0.2) is 66.9 Å². The highest BCUT2D eigenvalue weighted by atomic mass is 15.2. The number of aromatic nitrogens is 2. The molecule has 0 N–H and O–H groups in total. The molecule has 0 bridgehead atoms. The quantitative estimate of drug-likeness (QED) is 0.262. The SMILES string of the molecule is Cc1cc[n+]2c(c1)-c1cccc3c4ccccc4c4cc(C)n(c4c13)C2. The maximum atomic E-state index is 2.47. The van der Waals surface area contributed by atoms with Gasteiger partial charge in [0.15, 0.2) is 6.20 Å². The summed E-state index contributed by atoms with van der Waals surface area (Å²) in [6, 6.07) is 22.4. The molecule has 0 fully saturated rings. The molecule has 1 aliphatic heterocycles. The van der Waals surface area contributed by atoms with Crippen molar-refractivity contribution in [2.75, 3.05) is 0 Å². The zero-order chi connectivity index (χ0) is 17.4. The fourth-order valence-corrected chi connectivity index (χ4v) is 4.67. The third-order valence-electron chi connectivity index (χ3n) is 5.87. The Labute approximate surface area is 151 Å². The molecule has 3 aromatic carbocycles. The van der Waals surface area contributed by atoms with Gasteiger partial charge in [0.1, 0.15) is 0 Å². The summed E-state index contributed by atoms with van der Waals surface area (Å²) in [7, 11) is 0. The molecule has 0 radical (unpaired) electrons. The van der Waals surface area contributed by atoms with Gasteiger partial charge in [0.2, 0.25) is 12.4 Å². The van der Waals surface area contributed by atoms with Crippen molar-refractivity contribution in [2.45, 2.75) is 20.5 Å². The van der Waals surface area contributed by atoms with E-state index in [1.807, 2.05) is 0 Å². The van der Waals surface area contributed by atoms with Gasteiger partial charge in [-0.05, 0) is 47.7 Å². The molecule has 1 aliphatic rings. The minimum atomic E-state index is 0.854. The van der Waals surface area contributed by atoms with Crippen LogP contribution in [0, 0.1) is 13.8 Å². The summed E-state index contributed by atoms with van der Waals surface area (Å²) >= 11 is 0. The first kappa shape index (κ1) is 14.1. The molecule has 0 atom stereocenters. The van der Waals surface area contributed by atoms with Crippen LogP contribution in [-0.4, -0.2) is 4.57 Å². The van der Waals surface area contributed by atoms with Gasteiger partial charge in [0, 0.05) is 28.6 Å². The van der Waals surface area contributed by atoms with Gasteiger partial charge < -0.3 is 0 Å². The molecule has 0 spiro atoms. The fourth-order valence-electron chi connectivity index (χ4n) is 4.67. The highest BCUT2D eigenvalue weighted by molar-refractivity contribution is 6.27. The summed E-state index contributed by atoms with van der Waals surface area (Å²) in [4.78, 5) is 0. The van der Waals surface area contributed by atoms with E-state index in [9.17, 15) is 0 Å². The minimum absolute atomic E-state index is 0.854. The van der Waals surface area contributed by atoms with E-state index in [1.54, 1.807) is 0 Å². The number of nitrogens with zero attached hydrogens (tertiary/aromatic N) is 2. The lowest BCUT2D eigenvalue weighted by Gasteiger charge is -2.09. The van der Waals surface area contributed by atoms with Crippen LogP contribution in [0.4, 0.5) is 0 Å². The molecule has 0 amide bonds. The molecule has 6 rings (SSSR count). The summed E-state index contributed by atoms with van der Waals surface area (Å²) in [5.41, 5.74) is 6.62. The summed E-state index contributed by atoms with van der Waals surface area (Å²) < 4.78 is 4.85. The molecule has 0 unspecified atom stereocenters. The molecule has 2 heteroatoms. The molecule has 2 nitrogen and oxygen atoms in total. The van der Waals surface area contributed by atoms with Gasteiger partial charge in [-0.2, -0.15) is 4.57 Å². The first-order valence-electron chi connectivity index (χ1n) is 9.16. The van der Waals surface area contributed by atoms with Gasteiger partial charge in [-0.1, -0.05) is 36.4 Å². The second-order valence-electron chi connectivity index (χ2n) is 7.45. The third kappa shape index (κ3) is 1.64. The standard InChI is InChI=1S/C24H19N2/c1-15-10-11-25-14-26-16(2)13-21-18-7-4-3-6-17(18)19-8-5-9-20(22(25)12-15)23(19)24(21)26/h3-13H,14H2,1-2H3/q+1. The van der Waals surface area contributed by atoms with E-state index >= 15 is 0 Å². The molecule has 3 heterocycles. The highest BCUT2D eigenvalue weighted by Crippen LogP contribution is 2.41. The second-order valence-corrected chi connectivity index (χ2v) is 7.45. The Balaban J connectivity index is 1.98. The van der Waals surface area contributed by atoms with Crippen molar-refractivity contribution >= 4 is 32.4 Å². The van der Waals surface area contributed by atoms with E-state index in [0.29, 0.717) is 0 Å². The Kier molecular flexibility index (Phi) is 2.56. The number of rotatable bonds is 0. The molecule has 0 saturated heterocycles. The number of hydrogen-bond acceptors (Lipinski definition) is 0. The predicted molar refractivity (Wildman–Crippen MR) is 107 cm³/mol. The van der Waals surface area contributed by atoms with Crippen molar-refractivity contribution in [2.24, 2.45) is 0 Å². The zero-order valence-electron chi connectivity index (χ0n) is 15.0. The van der Waals surface area contributed by atoms with E-state index in [0.717, 1.165) is 6.67 Å². The van der Waals surface area contributed by atoms with Gasteiger partial charge in [0.05, 0.1) is 11.1 Å². The number of aryl methyl sites for hydroxylation is 2. The maximum Gasteiger partial charge on any atom is 0.228 e. The largest absolute Gasteiger partial charge is 0.289 e. The van der Waals surface area contributed by atoms with Crippen LogP contribution in [0.25, 0.3) is 43.7 Å². The number of hydrogen-bond donors (Lipinski definition) is 0. The first-order chi connectivity index (χ1) is 12.7. The number of fused-ring (bicyclic) bond motifs is 5. The Morgan fingerprint density at radius 3 is 2.42 bits per heavy atom. The van der Waals surface area contributed by atoms with E-state index < -0.39 is 0 Å². The average molecular weight is 335 g/mol. The predicted octanol–water partition coefficient (Wildman–Crippen LogP) is 5.34. The average Bonchev–Trinajstić information content (AvgIpc) is 2.91. The van der Waals surface area contributed by atoms with Crippen LogP contribution in [0.3, 0.4) is 0 Å². The Bertz CT molecular complexity index is 1370. The van der Waals surface area contributed by atoms with E-state index in [2.05, 4.69) is 89.8 Å². The Morgan fingerprint density at radius 1 is 0.808 bits per heavy atom. The van der Waals surface area contributed by atoms with Crippen molar-refractivity contribution in [1.82, 2.24) is 4.57 Å². The molecule has 124 valence electrons. The topological polar surface area (TPSA) is 8.81 Å². The zero-order valence-corrected chi connectivity index (χ0v) is 15.0. The third-order valence-corrected chi connectivity index (χ3v) is 5.87. The lowest BCUT2D eigenvalue weighted by Crippen LogP contribution is -2.38. The fraction of sp³-hybridized carbons (Fsp3) is 0.125. The van der Waals surface area contributed by atoms with Crippen LogP contribution < -0.4 is 4.57 Å². The van der Waals surface area contributed by atoms with Crippen LogP contribution in [0.1, 0.15) is 11.3 Å². The van der Waals surface area contributed by atoms with Gasteiger partial charge >= 0.3 is 0 Å². The highest BCUT2D eigenvalue weighted by Gasteiger charge is 2.26. The summed E-state index contributed by atoms with van der Waals surface area (Å²) in [5, 5.41) is 6.78. The molecule has 26 heavy (non-hydrogen) atoms. The van der Waals surface area contributed by atoms with Crippen molar-refractivity contribution in [1.29, 1.82) is 0 Å². The lowest BCUT2D eigenvalue weighted by atomic mass is 9.93. The molecular weight excluding hydrogens is 316 g/mol. The van der Waals surface area contributed by atoms with Gasteiger partial charge in [-0.25, -0.2) is 0 Å². The summed E-state index contributed by atoms with van der Waals surface area (Å²) in [6.07, 6.45) is 2.22. The number of pyridine rings is 1. The summed E-state index contributed by atoms with van der Waals surface area (Å²) in [5.74, 6) is 0. The lowest BCUT2D eigenvalue weighted by molar-refractivity contribution is -0.690. The van der Waals surface area contributed by atoms with Crippen LogP contribution in [-0.2, 0) is 6.67 Å². The minimum Gasteiger partial charge on any atom is -0.289 e. The monoisotopic (exact) mass is 335 g/mol. The molecular formula is C24H19N2+. The van der Waals surface area contributed by atoms with E-state index in [-0.39, 0.29) is 0 Å². The van der Waals surface area contributed by atoms with Crippen molar-refractivity contribution < 1.29 is 4.57 Å². The van der Waals surface area contributed by atoms with Crippen molar-refractivity contribution in [3.8, 4) is 11.3 Å². The van der Waals surface area contributed by atoms with Gasteiger partial charge in [-0.3, -0.25) is 4.57 Å². The molecule has 5 aromatic rings. The second kappa shape index (κ2) is 4.73.